The fraction of sp³-hybridized carbons (Fsp3) is 0.476. The van der Waals surface area contributed by atoms with Crippen molar-refractivity contribution in [3.05, 3.63) is 42.0 Å². The standard InChI is InChI=1S/C21H27NO3/c1-21(2,3)25-20(24)22(16-9-5-6-10-16)14-18-17-11-7-4-8-15(17)12-13-19(18)23/h4,7-8,11-13,16,23H,5-6,9-10,14H2,1-3H3. The quantitative estimate of drug-likeness (QED) is 0.832. The van der Waals surface area contributed by atoms with Crippen molar-refractivity contribution in [3.8, 4) is 5.75 Å². The van der Waals surface area contributed by atoms with Crippen molar-refractivity contribution in [2.24, 2.45) is 0 Å². The van der Waals surface area contributed by atoms with Crippen molar-refractivity contribution in [2.45, 2.75) is 64.6 Å². The van der Waals surface area contributed by atoms with Crippen LogP contribution >= 0.6 is 0 Å². The number of ether oxygens (including phenoxy) is 1. The van der Waals surface area contributed by atoms with Gasteiger partial charge >= 0.3 is 6.09 Å². The van der Waals surface area contributed by atoms with Gasteiger partial charge in [0, 0.05) is 11.6 Å². The molecule has 2 aromatic carbocycles. The van der Waals surface area contributed by atoms with E-state index in [1.165, 1.54) is 0 Å². The molecule has 1 fully saturated rings. The fourth-order valence-corrected chi connectivity index (χ4v) is 3.54. The molecule has 25 heavy (non-hydrogen) atoms. The molecule has 0 spiro atoms. The Morgan fingerprint density at radius 2 is 1.84 bits per heavy atom. The van der Waals surface area contributed by atoms with Crippen molar-refractivity contribution in [3.63, 3.8) is 0 Å². The molecular formula is C21H27NO3. The molecule has 4 heteroatoms. The zero-order valence-corrected chi connectivity index (χ0v) is 15.3. The summed E-state index contributed by atoms with van der Waals surface area (Å²) in [6, 6.07) is 11.7. The number of phenolic OH excluding ortho intramolecular Hbond substituents is 1. The maximum Gasteiger partial charge on any atom is 0.410 e. The van der Waals surface area contributed by atoms with Crippen molar-refractivity contribution in [2.75, 3.05) is 0 Å². The summed E-state index contributed by atoms with van der Waals surface area (Å²) in [5.74, 6) is 0.227. The predicted molar refractivity (Wildman–Crippen MR) is 99.6 cm³/mol. The van der Waals surface area contributed by atoms with Crippen molar-refractivity contribution < 1.29 is 14.6 Å². The fourth-order valence-electron chi connectivity index (χ4n) is 3.54. The maximum atomic E-state index is 12.8. The first-order valence-electron chi connectivity index (χ1n) is 9.04. The number of carbonyl (C=O) groups excluding carboxylic acids is 1. The number of fused-ring (bicyclic) bond motifs is 1. The molecule has 0 aliphatic heterocycles. The second-order valence-corrected chi connectivity index (χ2v) is 7.83. The van der Waals surface area contributed by atoms with Gasteiger partial charge in [0.25, 0.3) is 0 Å². The summed E-state index contributed by atoms with van der Waals surface area (Å²) in [6.07, 6.45) is 3.94. The van der Waals surface area contributed by atoms with Gasteiger partial charge in [-0.3, -0.25) is 0 Å². The number of hydrogen-bond acceptors (Lipinski definition) is 3. The number of hydrogen-bond donors (Lipinski definition) is 1. The number of benzene rings is 2. The minimum atomic E-state index is -0.533. The summed E-state index contributed by atoms with van der Waals surface area (Å²) < 4.78 is 5.64. The third-order valence-corrected chi connectivity index (χ3v) is 4.74. The van der Waals surface area contributed by atoms with Gasteiger partial charge in [-0.1, -0.05) is 43.2 Å². The molecule has 0 radical (unpaired) electrons. The van der Waals surface area contributed by atoms with E-state index in [1.54, 1.807) is 11.0 Å². The summed E-state index contributed by atoms with van der Waals surface area (Å²) in [6.45, 7) is 6.01. The Morgan fingerprint density at radius 3 is 2.52 bits per heavy atom. The van der Waals surface area contributed by atoms with Gasteiger partial charge in [-0.05, 0) is 50.5 Å². The average Bonchev–Trinajstić information content (AvgIpc) is 3.06. The highest BCUT2D eigenvalue weighted by Gasteiger charge is 2.31. The zero-order valence-electron chi connectivity index (χ0n) is 15.3. The van der Waals surface area contributed by atoms with E-state index < -0.39 is 5.60 Å². The van der Waals surface area contributed by atoms with Gasteiger partial charge in [0.2, 0.25) is 0 Å². The van der Waals surface area contributed by atoms with Crippen LogP contribution in [0.5, 0.6) is 5.75 Å². The third kappa shape index (κ3) is 4.06. The number of aromatic hydroxyl groups is 1. The molecule has 0 aromatic heterocycles. The van der Waals surface area contributed by atoms with Gasteiger partial charge in [0.05, 0.1) is 6.54 Å². The lowest BCUT2D eigenvalue weighted by Crippen LogP contribution is -2.41. The van der Waals surface area contributed by atoms with E-state index in [-0.39, 0.29) is 17.9 Å². The van der Waals surface area contributed by atoms with Crippen LogP contribution < -0.4 is 0 Å². The van der Waals surface area contributed by atoms with Crippen LogP contribution in [0.3, 0.4) is 0 Å². The Hall–Kier alpha value is -2.23. The first kappa shape index (κ1) is 17.6. The van der Waals surface area contributed by atoms with Gasteiger partial charge in [-0.2, -0.15) is 0 Å². The highest BCUT2D eigenvalue weighted by Crippen LogP contribution is 2.32. The number of nitrogens with zero attached hydrogens (tertiary/aromatic N) is 1. The lowest BCUT2D eigenvalue weighted by molar-refractivity contribution is 0.0145. The van der Waals surface area contributed by atoms with Crippen LogP contribution in [0.15, 0.2) is 36.4 Å². The van der Waals surface area contributed by atoms with E-state index >= 15 is 0 Å². The molecule has 1 N–H and O–H groups in total. The molecule has 1 saturated carbocycles. The Morgan fingerprint density at radius 1 is 1.16 bits per heavy atom. The predicted octanol–water partition coefficient (Wildman–Crippen LogP) is 5.23. The molecule has 0 saturated heterocycles. The second-order valence-electron chi connectivity index (χ2n) is 7.83. The molecule has 3 rings (SSSR count). The SMILES string of the molecule is CC(C)(C)OC(=O)N(Cc1c(O)ccc2ccccc12)C1CCCC1. The highest BCUT2D eigenvalue weighted by atomic mass is 16.6. The van der Waals surface area contributed by atoms with Crippen molar-refractivity contribution in [1.29, 1.82) is 0 Å². The molecule has 0 bridgehead atoms. The van der Waals surface area contributed by atoms with Gasteiger partial charge < -0.3 is 14.7 Å². The van der Waals surface area contributed by atoms with Crippen LogP contribution in [0, 0.1) is 0 Å². The topological polar surface area (TPSA) is 49.8 Å². The van der Waals surface area contributed by atoms with Crippen molar-refractivity contribution >= 4 is 16.9 Å². The monoisotopic (exact) mass is 341 g/mol. The Labute approximate surface area is 149 Å². The molecule has 134 valence electrons. The minimum absolute atomic E-state index is 0.174. The highest BCUT2D eigenvalue weighted by molar-refractivity contribution is 5.88. The van der Waals surface area contributed by atoms with E-state index in [1.807, 2.05) is 51.1 Å². The minimum Gasteiger partial charge on any atom is -0.508 e. The molecule has 2 aromatic rings. The van der Waals surface area contributed by atoms with Crippen LogP contribution in [-0.2, 0) is 11.3 Å². The summed E-state index contributed by atoms with van der Waals surface area (Å²) in [5.41, 5.74) is 0.255. The molecule has 0 heterocycles. The van der Waals surface area contributed by atoms with Crippen LogP contribution in [0.25, 0.3) is 10.8 Å². The molecule has 0 unspecified atom stereocenters. The first-order valence-corrected chi connectivity index (χ1v) is 9.04. The van der Waals surface area contributed by atoms with Gasteiger partial charge in [0.1, 0.15) is 11.4 Å². The van der Waals surface area contributed by atoms with Gasteiger partial charge in [0.15, 0.2) is 0 Å². The third-order valence-electron chi connectivity index (χ3n) is 4.74. The lowest BCUT2D eigenvalue weighted by atomic mass is 10.0. The summed E-state index contributed by atoms with van der Waals surface area (Å²) in [7, 11) is 0. The number of carbonyl (C=O) groups is 1. The molecule has 0 atom stereocenters. The van der Waals surface area contributed by atoms with Crippen LogP contribution in [0.2, 0.25) is 0 Å². The van der Waals surface area contributed by atoms with E-state index in [4.69, 9.17) is 4.74 Å². The van der Waals surface area contributed by atoms with E-state index in [2.05, 4.69) is 0 Å². The summed E-state index contributed by atoms with van der Waals surface area (Å²) in [5, 5.41) is 12.5. The molecular weight excluding hydrogens is 314 g/mol. The normalized spacial score (nSPS) is 15.5. The second kappa shape index (κ2) is 6.95. The van der Waals surface area contributed by atoms with Gasteiger partial charge in [-0.15, -0.1) is 0 Å². The van der Waals surface area contributed by atoms with E-state index in [9.17, 15) is 9.90 Å². The number of rotatable bonds is 3. The molecule has 1 aliphatic carbocycles. The summed E-state index contributed by atoms with van der Waals surface area (Å²) >= 11 is 0. The zero-order chi connectivity index (χ0) is 18.0. The van der Waals surface area contributed by atoms with Crippen LogP contribution in [0.1, 0.15) is 52.0 Å². The average molecular weight is 341 g/mol. The number of phenols is 1. The summed E-state index contributed by atoms with van der Waals surface area (Å²) in [4.78, 5) is 14.6. The smallest absolute Gasteiger partial charge is 0.410 e. The Kier molecular flexibility index (Phi) is 4.89. The Bertz CT molecular complexity index is 757. The number of amides is 1. The molecule has 1 aliphatic rings. The van der Waals surface area contributed by atoms with Gasteiger partial charge in [-0.25, -0.2) is 4.79 Å². The largest absolute Gasteiger partial charge is 0.508 e. The van der Waals surface area contributed by atoms with Crippen LogP contribution in [0.4, 0.5) is 4.79 Å². The molecule has 4 nitrogen and oxygen atoms in total. The first-order chi connectivity index (χ1) is 11.8. The van der Waals surface area contributed by atoms with E-state index in [0.29, 0.717) is 6.54 Å². The lowest BCUT2D eigenvalue weighted by Gasteiger charge is -2.32. The molecule has 1 amide bonds. The maximum absolute atomic E-state index is 12.8. The van der Waals surface area contributed by atoms with Crippen molar-refractivity contribution in [1.82, 2.24) is 4.90 Å². The van der Waals surface area contributed by atoms with E-state index in [0.717, 1.165) is 42.0 Å². The Balaban J connectivity index is 1.95. The van der Waals surface area contributed by atoms with Crippen LogP contribution in [-0.4, -0.2) is 27.7 Å².